The zero-order chi connectivity index (χ0) is 25.0. The Hall–Kier alpha value is -3.54. The van der Waals surface area contributed by atoms with Crippen molar-refractivity contribution in [3.63, 3.8) is 0 Å². The van der Waals surface area contributed by atoms with Crippen molar-refractivity contribution in [1.29, 1.82) is 0 Å². The summed E-state index contributed by atoms with van der Waals surface area (Å²) in [6, 6.07) is 21.2. The predicted molar refractivity (Wildman–Crippen MR) is 134 cm³/mol. The topological polar surface area (TPSA) is 34.0 Å². The summed E-state index contributed by atoms with van der Waals surface area (Å²) >= 11 is 0. The first-order chi connectivity index (χ1) is 16.8. The minimum atomic E-state index is -4.34. The highest BCUT2D eigenvalue weighted by atomic mass is 19.4. The van der Waals surface area contributed by atoms with Gasteiger partial charge in [0.25, 0.3) is 5.91 Å². The number of rotatable bonds is 8. The minimum absolute atomic E-state index is 0.0624. The minimum Gasteiger partial charge on any atom is -0.352 e. The predicted octanol–water partition coefficient (Wildman–Crippen LogP) is 7.86. The van der Waals surface area contributed by atoms with E-state index in [2.05, 4.69) is 23.0 Å². The number of hydrogen-bond acceptors (Lipinski definition) is 1. The van der Waals surface area contributed by atoms with Gasteiger partial charge in [0.1, 0.15) is 0 Å². The van der Waals surface area contributed by atoms with Crippen molar-refractivity contribution in [3.8, 4) is 11.1 Å². The molecule has 0 radical (unpaired) electrons. The lowest BCUT2D eigenvalue weighted by Gasteiger charge is -2.21. The molecule has 1 aromatic heterocycles. The van der Waals surface area contributed by atoms with Gasteiger partial charge in [-0.25, -0.2) is 0 Å². The van der Waals surface area contributed by atoms with E-state index in [0.29, 0.717) is 12.1 Å². The van der Waals surface area contributed by atoms with Crippen LogP contribution in [-0.2, 0) is 6.18 Å². The average Bonchev–Trinajstić information content (AvgIpc) is 3.28. The van der Waals surface area contributed by atoms with E-state index in [-0.39, 0.29) is 11.9 Å². The molecule has 6 heteroatoms. The van der Waals surface area contributed by atoms with Crippen LogP contribution in [0.25, 0.3) is 22.0 Å². The van der Waals surface area contributed by atoms with Crippen molar-refractivity contribution in [2.24, 2.45) is 0 Å². The third kappa shape index (κ3) is 5.42. The first kappa shape index (κ1) is 24.6. The SMILES string of the molecule is CCCNC(=O)c1ccc(C(CCC)n2ccc3cc(-c4ccc(C(F)(F)F)cc4)ccc32)cc1. The summed E-state index contributed by atoms with van der Waals surface area (Å²) in [5.74, 6) is -0.0624. The third-order valence-electron chi connectivity index (χ3n) is 6.26. The Morgan fingerprint density at radius 2 is 1.57 bits per heavy atom. The molecule has 0 aliphatic carbocycles. The molecule has 35 heavy (non-hydrogen) atoms. The van der Waals surface area contributed by atoms with Crippen LogP contribution in [0.2, 0.25) is 0 Å². The number of hydrogen-bond donors (Lipinski definition) is 1. The van der Waals surface area contributed by atoms with Crippen molar-refractivity contribution in [3.05, 3.63) is 95.7 Å². The molecule has 1 heterocycles. The number of fused-ring (bicyclic) bond motifs is 1. The first-order valence-corrected chi connectivity index (χ1v) is 12.0. The molecule has 1 amide bonds. The van der Waals surface area contributed by atoms with E-state index >= 15 is 0 Å². The van der Waals surface area contributed by atoms with Crippen molar-refractivity contribution < 1.29 is 18.0 Å². The molecule has 0 spiro atoms. The fourth-order valence-corrected chi connectivity index (χ4v) is 4.40. The maximum absolute atomic E-state index is 12.9. The molecule has 3 aromatic carbocycles. The van der Waals surface area contributed by atoms with Crippen LogP contribution >= 0.6 is 0 Å². The third-order valence-corrected chi connectivity index (χ3v) is 6.26. The Morgan fingerprint density at radius 1 is 0.886 bits per heavy atom. The number of aromatic nitrogens is 1. The van der Waals surface area contributed by atoms with Gasteiger partial charge < -0.3 is 9.88 Å². The largest absolute Gasteiger partial charge is 0.416 e. The molecule has 0 fully saturated rings. The summed E-state index contributed by atoms with van der Waals surface area (Å²) in [6.07, 6.45) is 0.539. The monoisotopic (exact) mass is 478 g/mol. The molecular formula is C29H29F3N2O. The van der Waals surface area contributed by atoms with Crippen molar-refractivity contribution in [2.75, 3.05) is 6.54 Å². The molecule has 0 saturated heterocycles. The number of benzene rings is 3. The van der Waals surface area contributed by atoms with Gasteiger partial charge in [-0.1, -0.05) is 50.6 Å². The number of nitrogens with zero attached hydrogens (tertiary/aromatic N) is 1. The van der Waals surface area contributed by atoms with Gasteiger partial charge in [-0.2, -0.15) is 13.2 Å². The molecule has 3 nitrogen and oxygen atoms in total. The smallest absolute Gasteiger partial charge is 0.352 e. The zero-order valence-corrected chi connectivity index (χ0v) is 19.9. The second kappa shape index (κ2) is 10.4. The van der Waals surface area contributed by atoms with E-state index in [1.54, 1.807) is 0 Å². The van der Waals surface area contributed by atoms with Crippen LogP contribution in [0.4, 0.5) is 13.2 Å². The molecule has 1 N–H and O–H groups in total. The van der Waals surface area contributed by atoms with Crippen LogP contribution in [0.5, 0.6) is 0 Å². The van der Waals surface area contributed by atoms with Crippen LogP contribution in [0.1, 0.15) is 60.6 Å². The summed E-state index contributed by atoms with van der Waals surface area (Å²) in [5, 5.41) is 3.93. The highest BCUT2D eigenvalue weighted by molar-refractivity contribution is 5.94. The number of carbonyl (C=O) groups is 1. The summed E-state index contributed by atoms with van der Waals surface area (Å²) in [4.78, 5) is 12.3. The number of amides is 1. The van der Waals surface area contributed by atoms with Crippen LogP contribution < -0.4 is 5.32 Å². The Kier molecular flexibility index (Phi) is 7.29. The molecular weight excluding hydrogens is 449 g/mol. The Balaban J connectivity index is 1.62. The van der Waals surface area contributed by atoms with Crippen LogP contribution in [0.15, 0.2) is 79.0 Å². The van der Waals surface area contributed by atoms with Crippen molar-refractivity contribution >= 4 is 16.8 Å². The first-order valence-electron chi connectivity index (χ1n) is 12.0. The molecule has 0 bridgehead atoms. The van der Waals surface area contributed by atoms with Gasteiger partial charge in [0.05, 0.1) is 11.6 Å². The second-order valence-electron chi connectivity index (χ2n) is 8.75. The van der Waals surface area contributed by atoms with E-state index in [0.717, 1.165) is 59.0 Å². The summed E-state index contributed by atoms with van der Waals surface area (Å²) in [5.41, 5.74) is 3.81. The Morgan fingerprint density at radius 3 is 2.20 bits per heavy atom. The van der Waals surface area contributed by atoms with Gasteiger partial charge in [0.2, 0.25) is 0 Å². The quantitative estimate of drug-likeness (QED) is 0.275. The lowest BCUT2D eigenvalue weighted by molar-refractivity contribution is -0.137. The van der Waals surface area contributed by atoms with E-state index in [4.69, 9.17) is 0 Å². The van der Waals surface area contributed by atoms with E-state index < -0.39 is 11.7 Å². The highest BCUT2D eigenvalue weighted by Gasteiger charge is 2.30. The van der Waals surface area contributed by atoms with Gasteiger partial charge in [-0.15, -0.1) is 0 Å². The number of nitrogens with one attached hydrogen (secondary N) is 1. The highest BCUT2D eigenvalue weighted by Crippen LogP contribution is 2.33. The molecule has 1 atom stereocenters. The molecule has 4 aromatic rings. The van der Waals surface area contributed by atoms with Gasteiger partial charge >= 0.3 is 6.18 Å². The van der Waals surface area contributed by atoms with E-state index in [9.17, 15) is 18.0 Å². The average molecular weight is 479 g/mol. The Labute approximate surface area is 203 Å². The van der Waals surface area contributed by atoms with Crippen molar-refractivity contribution in [1.82, 2.24) is 9.88 Å². The van der Waals surface area contributed by atoms with Crippen molar-refractivity contribution in [2.45, 2.75) is 45.3 Å². The molecule has 0 aliphatic rings. The second-order valence-corrected chi connectivity index (χ2v) is 8.75. The van der Waals surface area contributed by atoms with Gasteiger partial charge in [0.15, 0.2) is 0 Å². The standard InChI is InChI=1S/C29H29F3N2O/c1-3-5-26(21-6-8-22(9-7-21)28(35)33-17-4-2)34-18-16-24-19-23(12-15-27(24)34)20-10-13-25(14-11-20)29(30,31)32/h6-16,18-19,26H,3-5,17H2,1-2H3,(H,33,35). The van der Waals surface area contributed by atoms with Gasteiger partial charge in [-0.3, -0.25) is 4.79 Å². The lowest BCUT2D eigenvalue weighted by atomic mass is 9.99. The number of carbonyl (C=O) groups excluding carboxylic acids is 1. The molecule has 4 rings (SSSR count). The maximum atomic E-state index is 12.9. The van der Waals surface area contributed by atoms with E-state index in [1.165, 1.54) is 12.1 Å². The van der Waals surface area contributed by atoms with E-state index in [1.807, 2.05) is 55.5 Å². The fourth-order valence-electron chi connectivity index (χ4n) is 4.40. The van der Waals surface area contributed by atoms with Crippen LogP contribution in [-0.4, -0.2) is 17.0 Å². The Bertz CT molecular complexity index is 1290. The lowest BCUT2D eigenvalue weighted by Crippen LogP contribution is -2.23. The van der Waals surface area contributed by atoms with Gasteiger partial charge in [0, 0.05) is 29.2 Å². The zero-order valence-electron chi connectivity index (χ0n) is 19.9. The van der Waals surface area contributed by atoms with Gasteiger partial charge in [-0.05, 0) is 72.0 Å². The number of alkyl halides is 3. The van der Waals surface area contributed by atoms with Crippen LogP contribution in [0, 0.1) is 0 Å². The summed E-state index contributed by atoms with van der Waals surface area (Å²) in [6.45, 7) is 4.82. The fraction of sp³-hybridized carbons (Fsp3) is 0.276. The molecule has 182 valence electrons. The van der Waals surface area contributed by atoms with Crippen LogP contribution in [0.3, 0.4) is 0 Å². The maximum Gasteiger partial charge on any atom is 0.416 e. The molecule has 1 unspecified atom stereocenters. The normalized spacial score (nSPS) is 12.6. The summed E-state index contributed by atoms with van der Waals surface area (Å²) < 4.78 is 40.9. The number of halogens is 3. The molecule has 0 aliphatic heterocycles. The summed E-state index contributed by atoms with van der Waals surface area (Å²) in [7, 11) is 0. The molecule has 0 saturated carbocycles.